The number of aromatic nitrogens is 1. The van der Waals surface area contributed by atoms with Crippen LogP contribution >= 0.6 is 0 Å². The summed E-state index contributed by atoms with van der Waals surface area (Å²) in [5.74, 6) is 1.49. The van der Waals surface area contributed by atoms with Crippen LogP contribution in [-0.2, 0) is 23.4 Å². The van der Waals surface area contributed by atoms with Crippen molar-refractivity contribution in [2.45, 2.75) is 58.3 Å². The molecule has 1 fully saturated rings. The number of hydrogen-bond acceptors (Lipinski definition) is 3. The maximum atomic E-state index is 11.4. The van der Waals surface area contributed by atoms with E-state index in [1.807, 2.05) is 30.5 Å². The van der Waals surface area contributed by atoms with Gasteiger partial charge in [-0.2, -0.15) is 0 Å². The maximum Gasteiger partial charge on any atom is 0.162 e. The largest absolute Gasteiger partial charge is 0.512 e. The quantitative estimate of drug-likeness (QED) is 0.410. The molecule has 1 aromatic heterocycles. The summed E-state index contributed by atoms with van der Waals surface area (Å²) in [7, 11) is 0. The molecule has 1 atom stereocenters. The zero-order valence-electron chi connectivity index (χ0n) is 18.8. The summed E-state index contributed by atoms with van der Waals surface area (Å²) in [6, 6.07) is 19.8. The second-order valence-corrected chi connectivity index (χ2v) is 8.83. The first-order valence-corrected chi connectivity index (χ1v) is 11.4. The number of pyridine rings is 1. The van der Waals surface area contributed by atoms with Crippen LogP contribution in [0.15, 0.2) is 66.1 Å². The van der Waals surface area contributed by atoms with Gasteiger partial charge in [0.25, 0.3) is 0 Å². The number of Topliss-reactive ketones (excluding diaryl/α,β-unsaturated/α-hetero) is 1. The fraction of sp³-hybridized carbons (Fsp3) is 0.357. The van der Waals surface area contributed by atoms with E-state index in [9.17, 15) is 9.90 Å². The normalized spacial score (nSPS) is 18.0. The van der Waals surface area contributed by atoms with Gasteiger partial charge in [0.05, 0.1) is 5.76 Å². The Morgan fingerprint density at radius 1 is 1.06 bits per heavy atom. The molecule has 2 aromatic carbocycles. The van der Waals surface area contributed by atoms with Crippen LogP contribution in [0.25, 0.3) is 22.0 Å². The molecule has 165 valence electrons. The van der Waals surface area contributed by atoms with Gasteiger partial charge in [0.2, 0.25) is 0 Å². The number of fused-ring (bicyclic) bond motifs is 2. The van der Waals surface area contributed by atoms with Crippen molar-refractivity contribution in [2.75, 3.05) is 0 Å². The van der Waals surface area contributed by atoms with Gasteiger partial charge < -0.3 is 10.1 Å². The minimum Gasteiger partial charge on any atom is -0.512 e. The van der Waals surface area contributed by atoms with Gasteiger partial charge in [-0.25, -0.2) is 0 Å². The number of nitrogens with zero attached hydrogens (tertiary/aromatic N) is 1. The molecule has 0 aliphatic heterocycles. The number of aliphatic hydroxyl groups excluding tert-OH is 1. The molecule has 3 nitrogen and oxygen atoms in total. The molecule has 4 heteroatoms. The number of carbonyl (C=O) groups excluding carboxylic acids is 1. The first-order chi connectivity index (χ1) is 15.0. The van der Waals surface area contributed by atoms with E-state index in [0.29, 0.717) is 24.0 Å². The first kappa shape index (κ1) is 24.3. The van der Waals surface area contributed by atoms with Crippen molar-refractivity contribution in [3.63, 3.8) is 0 Å². The molecule has 1 heterocycles. The second kappa shape index (κ2) is 11.0. The van der Waals surface area contributed by atoms with Gasteiger partial charge in [0.1, 0.15) is 0 Å². The predicted octanol–water partition coefficient (Wildman–Crippen LogP) is 7.17. The molecule has 0 amide bonds. The Balaban J connectivity index is 0.000000193. The standard InChI is InChI=1S/C18H16N.C10H14O2.V/c1-13(2)16-10-6-9-15-11-18(19-12-17(15)16)14-7-4-3-5-8-14;11-8-5-1-3-7-4-2-6-9(12)10(7)8;/h3-7,9-13H,1-2H3;7,11H,1-6H2;/q-1;;. The first-order valence-electron chi connectivity index (χ1n) is 11.4. The Kier molecular flexibility index (Phi) is 8.34. The number of rotatable bonds is 2. The predicted molar refractivity (Wildman–Crippen MR) is 126 cm³/mol. The summed E-state index contributed by atoms with van der Waals surface area (Å²) in [6.45, 7) is 4.43. The Morgan fingerprint density at radius 2 is 1.84 bits per heavy atom. The van der Waals surface area contributed by atoms with E-state index >= 15 is 0 Å². The Bertz CT molecular complexity index is 1100. The molecular formula is C28H30NO2V-. The van der Waals surface area contributed by atoms with E-state index < -0.39 is 0 Å². The fourth-order valence-corrected chi connectivity index (χ4v) is 4.75. The molecule has 1 unspecified atom stereocenters. The van der Waals surface area contributed by atoms with E-state index in [1.165, 1.54) is 16.3 Å². The monoisotopic (exact) mass is 463 g/mol. The van der Waals surface area contributed by atoms with E-state index in [2.05, 4.69) is 49.2 Å². The molecule has 3 aromatic rings. The summed E-state index contributed by atoms with van der Waals surface area (Å²) in [6.07, 6.45) is 7.62. The van der Waals surface area contributed by atoms with Crippen LogP contribution < -0.4 is 0 Å². The molecule has 1 N–H and O–H groups in total. The van der Waals surface area contributed by atoms with Crippen LogP contribution in [-0.4, -0.2) is 15.9 Å². The van der Waals surface area contributed by atoms with Crippen molar-refractivity contribution in [1.82, 2.24) is 4.98 Å². The van der Waals surface area contributed by atoms with E-state index in [1.54, 1.807) is 0 Å². The van der Waals surface area contributed by atoms with E-state index in [4.69, 9.17) is 0 Å². The minimum absolute atomic E-state index is 0. The van der Waals surface area contributed by atoms with Crippen molar-refractivity contribution in [3.05, 3.63) is 77.7 Å². The molecule has 1 radical (unpaired) electrons. The van der Waals surface area contributed by atoms with Gasteiger partial charge in [0.15, 0.2) is 5.78 Å². The number of ketones is 1. The third-order valence-electron chi connectivity index (χ3n) is 6.35. The summed E-state index contributed by atoms with van der Waals surface area (Å²) >= 11 is 0. The number of carbonyl (C=O) groups is 1. The zero-order valence-corrected chi connectivity index (χ0v) is 20.2. The minimum atomic E-state index is 0. The van der Waals surface area contributed by atoms with Gasteiger partial charge in [-0.15, -0.1) is 35.9 Å². The van der Waals surface area contributed by atoms with E-state index in [0.717, 1.165) is 48.9 Å². The van der Waals surface area contributed by atoms with Crippen molar-refractivity contribution in [1.29, 1.82) is 0 Å². The van der Waals surface area contributed by atoms with Crippen molar-refractivity contribution >= 4 is 16.6 Å². The summed E-state index contributed by atoms with van der Waals surface area (Å²) in [5.41, 5.74) is 4.15. The van der Waals surface area contributed by atoms with Crippen LogP contribution in [0.2, 0.25) is 0 Å². The van der Waals surface area contributed by atoms with Gasteiger partial charge in [-0.3, -0.25) is 4.79 Å². The zero-order chi connectivity index (χ0) is 21.8. The van der Waals surface area contributed by atoms with Crippen LogP contribution in [0.3, 0.4) is 0 Å². The molecular weight excluding hydrogens is 433 g/mol. The SMILES string of the molecule is CC(C)c1cccc2cc(-c3[c-]cccc3)ncc12.O=C1CCCC2CCCC(O)=C12.[V]. The number of hydrogen-bond donors (Lipinski definition) is 1. The van der Waals surface area contributed by atoms with Crippen molar-refractivity contribution < 1.29 is 28.5 Å². The van der Waals surface area contributed by atoms with Gasteiger partial charge in [0, 0.05) is 48.6 Å². The topological polar surface area (TPSA) is 50.2 Å². The average Bonchev–Trinajstić information content (AvgIpc) is 2.79. The van der Waals surface area contributed by atoms with E-state index in [-0.39, 0.29) is 24.3 Å². The average molecular weight is 463 g/mol. The van der Waals surface area contributed by atoms with Crippen LogP contribution in [0.5, 0.6) is 0 Å². The molecule has 32 heavy (non-hydrogen) atoms. The van der Waals surface area contributed by atoms with Crippen LogP contribution in [0, 0.1) is 12.0 Å². The molecule has 2 aliphatic carbocycles. The molecule has 5 rings (SSSR count). The smallest absolute Gasteiger partial charge is 0.162 e. The fourth-order valence-electron chi connectivity index (χ4n) is 4.75. The summed E-state index contributed by atoms with van der Waals surface area (Å²) in [5, 5.41) is 12.0. The Hall–Kier alpha value is -2.36. The Labute approximate surface area is 202 Å². The molecule has 0 saturated heterocycles. The van der Waals surface area contributed by atoms with Gasteiger partial charge >= 0.3 is 0 Å². The van der Waals surface area contributed by atoms with Crippen LogP contribution in [0.4, 0.5) is 0 Å². The second-order valence-electron chi connectivity index (χ2n) is 8.83. The molecule has 1 saturated carbocycles. The third kappa shape index (κ3) is 5.34. The molecule has 0 spiro atoms. The van der Waals surface area contributed by atoms with Gasteiger partial charge in [-0.05, 0) is 54.2 Å². The van der Waals surface area contributed by atoms with Crippen LogP contribution in [0.1, 0.15) is 63.9 Å². The maximum absolute atomic E-state index is 11.4. The molecule has 0 bridgehead atoms. The third-order valence-corrected chi connectivity index (χ3v) is 6.35. The number of aliphatic hydroxyl groups is 1. The summed E-state index contributed by atoms with van der Waals surface area (Å²) < 4.78 is 0. The number of benzene rings is 2. The van der Waals surface area contributed by atoms with Crippen molar-refractivity contribution in [3.8, 4) is 11.3 Å². The summed E-state index contributed by atoms with van der Waals surface area (Å²) in [4.78, 5) is 16.0. The Morgan fingerprint density at radius 3 is 2.53 bits per heavy atom. The number of allylic oxidation sites excluding steroid dienone is 2. The van der Waals surface area contributed by atoms with Gasteiger partial charge in [-0.1, -0.05) is 38.1 Å². The molecule has 2 aliphatic rings. The van der Waals surface area contributed by atoms with Crippen molar-refractivity contribution in [2.24, 2.45) is 5.92 Å².